The van der Waals surface area contributed by atoms with Crippen LogP contribution in [0.1, 0.15) is 26.2 Å². The highest BCUT2D eigenvalue weighted by Gasteiger charge is 2.17. The lowest BCUT2D eigenvalue weighted by Gasteiger charge is -2.33. The summed E-state index contributed by atoms with van der Waals surface area (Å²) in [6.07, 6.45) is 3.18. The Labute approximate surface area is 63.8 Å². The van der Waals surface area contributed by atoms with Crippen LogP contribution in [0, 0.1) is 0 Å². The second-order valence-electron chi connectivity index (χ2n) is 2.70. The fraction of sp³-hybridized carbons (Fsp3) is 1.00. The number of hydrogen-bond donors (Lipinski definition) is 0. The first-order chi connectivity index (χ1) is 4.72. The highest BCUT2D eigenvalue weighted by Crippen LogP contribution is 2.16. The van der Waals surface area contributed by atoms with Crippen LogP contribution in [-0.2, 0) is 11.3 Å². The summed E-state index contributed by atoms with van der Waals surface area (Å²) in [5, 5.41) is 0. The largest absolute Gasteiger partial charge is 0.760 e. The van der Waals surface area contributed by atoms with Crippen molar-refractivity contribution in [3.63, 3.8) is 0 Å². The van der Waals surface area contributed by atoms with Gasteiger partial charge >= 0.3 is 0 Å². The first-order valence-electron chi connectivity index (χ1n) is 3.58. The zero-order chi connectivity index (χ0) is 7.56. The van der Waals surface area contributed by atoms with E-state index in [1.165, 1.54) is 4.31 Å². The van der Waals surface area contributed by atoms with Crippen LogP contribution < -0.4 is 0 Å². The second kappa shape index (κ2) is 3.46. The third-order valence-electron chi connectivity index (χ3n) is 1.93. The summed E-state index contributed by atoms with van der Waals surface area (Å²) < 4.78 is 22.5. The van der Waals surface area contributed by atoms with E-state index in [-0.39, 0.29) is 6.04 Å². The molecule has 0 bridgehead atoms. The Morgan fingerprint density at radius 2 is 2.30 bits per heavy atom. The van der Waals surface area contributed by atoms with Gasteiger partial charge in [-0.25, -0.2) is 4.31 Å². The van der Waals surface area contributed by atoms with E-state index in [1.807, 2.05) is 6.92 Å². The summed E-state index contributed by atoms with van der Waals surface area (Å²) >= 11 is -2.00. The van der Waals surface area contributed by atoms with Crippen LogP contribution in [0.2, 0.25) is 0 Å². The van der Waals surface area contributed by atoms with Crippen molar-refractivity contribution in [1.29, 1.82) is 0 Å². The molecular weight excluding hydrogens is 150 g/mol. The SMILES string of the molecule is CC1CCCCN1S(=O)[O-]. The van der Waals surface area contributed by atoms with Crippen molar-refractivity contribution in [3.8, 4) is 0 Å². The van der Waals surface area contributed by atoms with E-state index in [2.05, 4.69) is 0 Å². The molecule has 1 fully saturated rings. The van der Waals surface area contributed by atoms with Gasteiger partial charge in [-0.15, -0.1) is 0 Å². The summed E-state index contributed by atoms with van der Waals surface area (Å²) in [5.74, 6) is 0. The third-order valence-corrected chi connectivity index (χ3v) is 2.86. The third kappa shape index (κ3) is 1.78. The van der Waals surface area contributed by atoms with Crippen molar-refractivity contribution < 1.29 is 8.76 Å². The molecule has 0 aromatic carbocycles. The van der Waals surface area contributed by atoms with Gasteiger partial charge in [-0.05, 0) is 19.8 Å². The van der Waals surface area contributed by atoms with E-state index in [0.29, 0.717) is 6.54 Å². The number of rotatable bonds is 1. The Balaban J connectivity index is 2.47. The predicted octanol–water partition coefficient (Wildman–Crippen LogP) is 0.655. The zero-order valence-electron chi connectivity index (χ0n) is 6.08. The van der Waals surface area contributed by atoms with E-state index in [4.69, 9.17) is 0 Å². The monoisotopic (exact) mass is 162 g/mol. The van der Waals surface area contributed by atoms with Crippen LogP contribution in [0.5, 0.6) is 0 Å². The van der Waals surface area contributed by atoms with Crippen molar-refractivity contribution >= 4 is 11.3 Å². The van der Waals surface area contributed by atoms with Crippen LogP contribution in [0.4, 0.5) is 0 Å². The van der Waals surface area contributed by atoms with E-state index in [0.717, 1.165) is 19.3 Å². The Hall–Kier alpha value is 0.0700. The van der Waals surface area contributed by atoms with Crippen LogP contribution in [0.3, 0.4) is 0 Å². The minimum atomic E-state index is -2.00. The standard InChI is InChI=1S/C6H13NO2S/c1-6-4-2-3-5-7(6)10(8)9/h6H,2-5H2,1H3,(H,8,9)/p-1. The minimum absolute atomic E-state index is 0.215. The molecule has 0 spiro atoms. The quantitative estimate of drug-likeness (QED) is 0.531. The first kappa shape index (κ1) is 8.17. The summed E-state index contributed by atoms with van der Waals surface area (Å²) in [7, 11) is 0. The van der Waals surface area contributed by atoms with E-state index >= 15 is 0 Å². The fourth-order valence-corrected chi connectivity index (χ4v) is 1.97. The lowest BCUT2D eigenvalue weighted by atomic mass is 10.1. The molecule has 10 heavy (non-hydrogen) atoms. The van der Waals surface area contributed by atoms with Gasteiger partial charge in [-0.2, -0.15) is 0 Å². The molecule has 1 aliphatic heterocycles. The molecule has 4 heteroatoms. The molecule has 0 aromatic heterocycles. The number of hydrogen-bond acceptors (Lipinski definition) is 2. The lowest BCUT2D eigenvalue weighted by Crippen LogP contribution is -2.38. The highest BCUT2D eigenvalue weighted by atomic mass is 32.2. The molecule has 60 valence electrons. The molecule has 2 unspecified atom stereocenters. The average Bonchev–Trinajstić information content (AvgIpc) is 1.88. The van der Waals surface area contributed by atoms with Gasteiger partial charge in [0.1, 0.15) is 0 Å². The molecule has 2 atom stereocenters. The van der Waals surface area contributed by atoms with Crippen molar-refractivity contribution in [2.24, 2.45) is 0 Å². The summed E-state index contributed by atoms with van der Waals surface area (Å²) in [6, 6.07) is 0.215. The smallest absolute Gasteiger partial charge is 0.0211 e. The van der Waals surface area contributed by atoms with Gasteiger partial charge in [-0.3, -0.25) is 4.21 Å². The molecule has 0 radical (unpaired) electrons. The summed E-state index contributed by atoms with van der Waals surface area (Å²) in [5.41, 5.74) is 0. The normalized spacial score (nSPS) is 32.0. The minimum Gasteiger partial charge on any atom is -0.760 e. The van der Waals surface area contributed by atoms with Crippen molar-refractivity contribution in [1.82, 2.24) is 4.31 Å². The molecule has 0 N–H and O–H groups in total. The molecule has 0 aliphatic carbocycles. The predicted molar refractivity (Wildman–Crippen MR) is 38.9 cm³/mol. The molecular formula is C6H12NO2S-. The van der Waals surface area contributed by atoms with Crippen LogP contribution >= 0.6 is 0 Å². The second-order valence-corrected chi connectivity index (χ2v) is 3.61. The number of piperidine rings is 1. The Kier molecular flexibility index (Phi) is 2.82. The Morgan fingerprint density at radius 1 is 1.60 bits per heavy atom. The molecule has 1 heterocycles. The van der Waals surface area contributed by atoms with Gasteiger partial charge in [0.05, 0.1) is 0 Å². The molecule has 0 aromatic rings. The van der Waals surface area contributed by atoms with Gasteiger partial charge in [-0.1, -0.05) is 6.42 Å². The maximum atomic E-state index is 10.5. The lowest BCUT2D eigenvalue weighted by molar-refractivity contribution is 0.261. The Morgan fingerprint density at radius 3 is 2.70 bits per heavy atom. The Bertz CT molecular complexity index is 140. The van der Waals surface area contributed by atoms with Crippen molar-refractivity contribution in [3.05, 3.63) is 0 Å². The van der Waals surface area contributed by atoms with Crippen LogP contribution in [0.25, 0.3) is 0 Å². The van der Waals surface area contributed by atoms with Crippen molar-refractivity contribution in [2.45, 2.75) is 32.2 Å². The van der Waals surface area contributed by atoms with Gasteiger partial charge in [0.2, 0.25) is 0 Å². The zero-order valence-corrected chi connectivity index (χ0v) is 6.89. The average molecular weight is 162 g/mol. The molecule has 1 aliphatic rings. The first-order valence-corrected chi connectivity index (χ1v) is 4.61. The highest BCUT2D eigenvalue weighted by molar-refractivity contribution is 7.76. The van der Waals surface area contributed by atoms with Crippen LogP contribution in [-0.4, -0.2) is 25.7 Å². The molecule has 1 rings (SSSR count). The van der Waals surface area contributed by atoms with Gasteiger partial charge in [0, 0.05) is 23.9 Å². The van der Waals surface area contributed by atoms with E-state index < -0.39 is 11.3 Å². The fourth-order valence-electron chi connectivity index (χ4n) is 1.29. The van der Waals surface area contributed by atoms with Crippen molar-refractivity contribution in [2.75, 3.05) is 6.54 Å². The summed E-state index contributed by atoms with van der Waals surface area (Å²) in [4.78, 5) is 0. The summed E-state index contributed by atoms with van der Waals surface area (Å²) in [6.45, 7) is 2.66. The molecule has 3 nitrogen and oxygen atoms in total. The molecule has 0 saturated carbocycles. The van der Waals surface area contributed by atoms with E-state index in [9.17, 15) is 8.76 Å². The maximum absolute atomic E-state index is 10.5. The van der Waals surface area contributed by atoms with Gasteiger partial charge < -0.3 is 4.55 Å². The maximum Gasteiger partial charge on any atom is 0.0211 e. The van der Waals surface area contributed by atoms with Crippen LogP contribution in [0.15, 0.2) is 0 Å². The molecule has 0 amide bonds. The van der Waals surface area contributed by atoms with Gasteiger partial charge in [0.25, 0.3) is 0 Å². The topological polar surface area (TPSA) is 43.4 Å². The molecule has 1 saturated heterocycles. The van der Waals surface area contributed by atoms with E-state index in [1.54, 1.807) is 0 Å². The van der Waals surface area contributed by atoms with Gasteiger partial charge in [0.15, 0.2) is 0 Å². The number of nitrogens with zero attached hydrogens (tertiary/aromatic N) is 1.